The predicted octanol–water partition coefficient (Wildman–Crippen LogP) is 4.23. The van der Waals surface area contributed by atoms with Crippen molar-refractivity contribution in [2.75, 3.05) is 14.2 Å². The summed E-state index contributed by atoms with van der Waals surface area (Å²) in [5, 5.41) is 7.97. The van der Waals surface area contributed by atoms with Crippen LogP contribution in [0.4, 0.5) is 0 Å². The normalized spacial score (nSPS) is 10.4. The zero-order valence-electron chi connectivity index (χ0n) is 10.1. The van der Waals surface area contributed by atoms with Crippen molar-refractivity contribution in [2.45, 2.75) is 0 Å². The number of hydrogen-bond acceptors (Lipinski definition) is 4. The van der Waals surface area contributed by atoms with Gasteiger partial charge in [0.05, 0.1) is 14.2 Å². The van der Waals surface area contributed by atoms with E-state index in [0.717, 1.165) is 5.56 Å². The second-order valence-electron chi connectivity index (χ2n) is 3.53. The van der Waals surface area contributed by atoms with Crippen LogP contribution in [0.3, 0.4) is 0 Å². The number of nitrogens with zero attached hydrogens (tertiary/aromatic N) is 2. The third kappa shape index (κ3) is 2.78. The fraction of sp³-hybridized carbons (Fsp3) is 0.167. The molecule has 2 aromatic rings. The Balaban J connectivity index is 2.68. The summed E-state index contributed by atoms with van der Waals surface area (Å²) in [6.45, 7) is 0. The number of hydrogen-bond donors (Lipinski definition) is 0. The first-order valence-corrected chi connectivity index (χ1v) is 6.73. The van der Waals surface area contributed by atoms with Gasteiger partial charge in [-0.2, -0.15) is 0 Å². The molecule has 1 aromatic heterocycles. The number of ether oxygens (including phenoxy) is 2. The Morgan fingerprint density at radius 2 is 1.79 bits per heavy atom. The minimum Gasteiger partial charge on any atom is -0.495 e. The molecule has 0 bridgehead atoms. The monoisotopic (exact) mass is 362 g/mol. The molecule has 1 aromatic carbocycles. The molecule has 0 aliphatic rings. The van der Waals surface area contributed by atoms with E-state index in [4.69, 9.17) is 32.7 Å². The summed E-state index contributed by atoms with van der Waals surface area (Å²) in [7, 11) is 3.14. The summed E-state index contributed by atoms with van der Waals surface area (Å²) < 4.78 is 11.3. The Hall–Kier alpha value is -1.04. The highest BCUT2D eigenvalue weighted by atomic mass is 79.9. The number of rotatable bonds is 3. The van der Waals surface area contributed by atoms with Crippen LogP contribution in [-0.2, 0) is 0 Å². The third-order valence-electron chi connectivity index (χ3n) is 2.49. The number of halogens is 3. The van der Waals surface area contributed by atoms with E-state index in [1.54, 1.807) is 26.4 Å². The van der Waals surface area contributed by atoms with E-state index in [0.29, 0.717) is 21.5 Å². The lowest BCUT2D eigenvalue weighted by atomic mass is 10.1. The van der Waals surface area contributed by atoms with Crippen molar-refractivity contribution in [3.63, 3.8) is 0 Å². The van der Waals surface area contributed by atoms with Crippen molar-refractivity contribution in [1.29, 1.82) is 0 Å². The lowest BCUT2D eigenvalue weighted by Crippen LogP contribution is -1.95. The van der Waals surface area contributed by atoms with Crippen LogP contribution in [0.15, 0.2) is 22.7 Å². The van der Waals surface area contributed by atoms with E-state index in [2.05, 4.69) is 26.1 Å². The molecule has 4 nitrogen and oxygen atoms in total. The van der Waals surface area contributed by atoms with Crippen LogP contribution in [0.5, 0.6) is 11.5 Å². The van der Waals surface area contributed by atoms with Gasteiger partial charge >= 0.3 is 0 Å². The van der Waals surface area contributed by atoms with Crippen molar-refractivity contribution in [3.05, 3.63) is 33.0 Å². The molecule has 0 fully saturated rings. The minimum absolute atomic E-state index is 0.250. The standard InChI is InChI=1S/C12H9BrCl2N2O2/c1-18-8-4-3-6(11(19-2)10(8)13)7-5-9(14)16-17-12(7)15/h3-5H,1-2H3. The topological polar surface area (TPSA) is 44.2 Å². The van der Waals surface area contributed by atoms with Gasteiger partial charge in [-0.1, -0.05) is 23.2 Å². The highest BCUT2D eigenvalue weighted by molar-refractivity contribution is 9.10. The molecular weight excluding hydrogens is 355 g/mol. The Kier molecular flexibility index (Phi) is 4.50. The lowest BCUT2D eigenvalue weighted by molar-refractivity contribution is 0.390. The maximum absolute atomic E-state index is 6.05. The molecule has 7 heteroatoms. The van der Waals surface area contributed by atoms with Gasteiger partial charge in [-0.15, -0.1) is 10.2 Å². The second-order valence-corrected chi connectivity index (χ2v) is 5.07. The van der Waals surface area contributed by atoms with Gasteiger partial charge in [-0.05, 0) is 34.1 Å². The van der Waals surface area contributed by atoms with Crippen molar-refractivity contribution in [3.8, 4) is 22.6 Å². The molecule has 0 radical (unpaired) electrons. The molecule has 0 N–H and O–H groups in total. The molecule has 0 spiro atoms. The molecule has 0 aliphatic carbocycles. The Labute approximate surface area is 128 Å². The van der Waals surface area contributed by atoms with E-state index in [1.807, 2.05) is 6.07 Å². The molecule has 0 saturated carbocycles. The Bertz CT molecular complexity index is 623. The predicted molar refractivity (Wildman–Crippen MR) is 78.3 cm³/mol. The third-order valence-corrected chi connectivity index (χ3v) is 3.71. The molecule has 1 heterocycles. The Morgan fingerprint density at radius 1 is 1.05 bits per heavy atom. The fourth-order valence-corrected chi connectivity index (χ4v) is 2.66. The fourth-order valence-electron chi connectivity index (χ4n) is 1.65. The van der Waals surface area contributed by atoms with Gasteiger partial charge in [0.1, 0.15) is 16.0 Å². The number of benzene rings is 1. The summed E-state index contributed by atoms with van der Waals surface area (Å²) in [5.74, 6) is 1.25. The van der Waals surface area contributed by atoms with Gasteiger partial charge in [-0.25, -0.2) is 0 Å². The molecule has 0 atom stereocenters. The molecule has 2 rings (SSSR count). The van der Waals surface area contributed by atoms with Crippen LogP contribution in [0.25, 0.3) is 11.1 Å². The summed E-state index contributed by atoms with van der Waals surface area (Å²) in [5.41, 5.74) is 1.39. The van der Waals surface area contributed by atoms with Crippen molar-refractivity contribution >= 4 is 39.1 Å². The van der Waals surface area contributed by atoms with Gasteiger partial charge in [0.25, 0.3) is 0 Å². The SMILES string of the molecule is COc1ccc(-c2cc(Cl)nnc2Cl)c(OC)c1Br. The Morgan fingerprint density at radius 3 is 2.42 bits per heavy atom. The maximum Gasteiger partial charge on any atom is 0.159 e. The molecule has 19 heavy (non-hydrogen) atoms. The first-order valence-electron chi connectivity index (χ1n) is 5.18. The summed E-state index contributed by atoms with van der Waals surface area (Å²) >= 11 is 15.3. The zero-order chi connectivity index (χ0) is 14.0. The summed E-state index contributed by atoms with van der Waals surface area (Å²) in [6.07, 6.45) is 0. The van der Waals surface area contributed by atoms with E-state index in [-0.39, 0.29) is 10.3 Å². The van der Waals surface area contributed by atoms with E-state index in [1.165, 1.54) is 0 Å². The second kappa shape index (κ2) is 5.94. The van der Waals surface area contributed by atoms with E-state index < -0.39 is 0 Å². The highest BCUT2D eigenvalue weighted by Gasteiger charge is 2.17. The van der Waals surface area contributed by atoms with E-state index >= 15 is 0 Å². The first kappa shape index (κ1) is 14.4. The van der Waals surface area contributed by atoms with Crippen LogP contribution in [0, 0.1) is 0 Å². The van der Waals surface area contributed by atoms with Gasteiger partial charge in [-0.3, -0.25) is 0 Å². The van der Waals surface area contributed by atoms with Crippen molar-refractivity contribution < 1.29 is 9.47 Å². The van der Waals surface area contributed by atoms with Crippen LogP contribution >= 0.6 is 39.1 Å². The van der Waals surface area contributed by atoms with Gasteiger partial charge in [0.15, 0.2) is 10.3 Å². The minimum atomic E-state index is 0.250. The van der Waals surface area contributed by atoms with Crippen molar-refractivity contribution in [1.82, 2.24) is 10.2 Å². The van der Waals surface area contributed by atoms with Gasteiger partial charge < -0.3 is 9.47 Å². The summed E-state index contributed by atoms with van der Waals surface area (Å²) in [6, 6.07) is 5.25. The quantitative estimate of drug-likeness (QED) is 0.818. The average molecular weight is 364 g/mol. The molecule has 0 amide bonds. The van der Waals surface area contributed by atoms with Crippen molar-refractivity contribution in [2.24, 2.45) is 0 Å². The maximum atomic E-state index is 6.05. The van der Waals surface area contributed by atoms with Gasteiger partial charge in [0, 0.05) is 11.1 Å². The average Bonchev–Trinajstić information content (AvgIpc) is 2.41. The summed E-state index contributed by atoms with van der Waals surface area (Å²) in [4.78, 5) is 0. The molecule has 0 aliphatic heterocycles. The molecule has 0 unspecified atom stereocenters. The van der Waals surface area contributed by atoms with Crippen LogP contribution in [0.1, 0.15) is 0 Å². The smallest absolute Gasteiger partial charge is 0.159 e. The number of methoxy groups -OCH3 is 2. The van der Waals surface area contributed by atoms with Gasteiger partial charge in [0.2, 0.25) is 0 Å². The molecular formula is C12H9BrCl2N2O2. The van der Waals surface area contributed by atoms with Crippen LogP contribution in [0.2, 0.25) is 10.3 Å². The van der Waals surface area contributed by atoms with E-state index in [9.17, 15) is 0 Å². The van der Waals surface area contributed by atoms with Crippen LogP contribution < -0.4 is 9.47 Å². The zero-order valence-corrected chi connectivity index (χ0v) is 13.2. The molecule has 0 saturated heterocycles. The highest BCUT2D eigenvalue weighted by Crippen LogP contribution is 2.43. The molecule has 100 valence electrons. The lowest BCUT2D eigenvalue weighted by Gasteiger charge is -2.14. The first-order chi connectivity index (χ1) is 9.08. The van der Waals surface area contributed by atoms with Crippen LogP contribution in [-0.4, -0.2) is 24.4 Å². The largest absolute Gasteiger partial charge is 0.495 e. The number of aromatic nitrogens is 2.